The van der Waals surface area contributed by atoms with Crippen LogP contribution in [0.2, 0.25) is 0 Å². The lowest BCUT2D eigenvalue weighted by molar-refractivity contribution is 0.277. The van der Waals surface area contributed by atoms with Gasteiger partial charge in [-0.15, -0.1) is 0 Å². The molecule has 0 amide bonds. The molecule has 6 heteroatoms. The Morgan fingerprint density at radius 2 is 2.00 bits per heavy atom. The molecule has 0 aliphatic carbocycles. The van der Waals surface area contributed by atoms with E-state index in [2.05, 4.69) is 37.1 Å². The molecule has 0 aliphatic rings. The Kier molecular flexibility index (Phi) is 4.91. The number of rotatable bonds is 5. The number of hydrogen-bond donors (Lipinski definition) is 1. The lowest BCUT2D eigenvalue weighted by Crippen LogP contribution is -1.97. The number of hydrogen-bond acceptors (Lipinski definition) is 5. The van der Waals surface area contributed by atoms with Crippen molar-refractivity contribution in [3.05, 3.63) is 58.6 Å². The molecule has 2 aromatic carbocycles. The third-order valence-corrected chi connectivity index (χ3v) is 6.08. The molecular weight excluding hydrogens is 370 g/mol. The molecule has 0 bridgehead atoms. The first-order valence-electron chi connectivity index (χ1n) is 9.26. The average molecular weight is 394 g/mol. The van der Waals surface area contributed by atoms with E-state index in [4.69, 9.17) is 9.72 Å². The molecule has 4 rings (SSSR count). The molecule has 0 saturated heterocycles. The van der Waals surface area contributed by atoms with Crippen LogP contribution in [0, 0.1) is 6.92 Å². The summed E-state index contributed by atoms with van der Waals surface area (Å²) in [7, 11) is 1.67. The topological polar surface area (TPSA) is 60.2 Å². The molecule has 0 atom stereocenters. The van der Waals surface area contributed by atoms with Crippen LogP contribution >= 0.6 is 11.3 Å². The van der Waals surface area contributed by atoms with E-state index in [9.17, 15) is 5.11 Å². The molecule has 0 aliphatic heterocycles. The van der Waals surface area contributed by atoms with Gasteiger partial charge in [-0.3, -0.25) is 0 Å². The van der Waals surface area contributed by atoms with Crippen LogP contribution in [0.3, 0.4) is 0 Å². The van der Waals surface area contributed by atoms with Crippen molar-refractivity contribution in [2.75, 3.05) is 7.11 Å². The van der Waals surface area contributed by atoms with Gasteiger partial charge >= 0.3 is 0 Å². The molecule has 0 radical (unpaired) electrons. The van der Waals surface area contributed by atoms with Gasteiger partial charge in [-0.1, -0.05) is 48.9 Å². The maximum atomic E-state index is 9.76. The van der Waals surface area contributed by atoms with Crippen molar-refractivity contribution >= 4 is 22.2 Å². The van der Waals surface area contributed by atoms with E-state index in [0.29, 0.717) is 11.6 Å². The first kappa shape index (κ1) is 18.7. The van der Waals surface area contributed by atoms with Crippen LogP contribution in [0.25, 0.3) is 27.3 Å². The van der Waals surface area contributed by atoms with Gasteiger partial charge in [0.1, 0.15) is 5.75 Å². The molecule has 5 nitrogen and oxygen atoms in total. The maximum Gasteiger partial charge on any atom is 0.211 e. The predicted octanol–water partition coefficient (Wildman–Crippen LogP) is 5.08. The third kappa shape index (κ3) is 3.19. The van der Waals surface area contributed by atoms with Crippen molar-refractivity contribution in [1.82, 2.24) is 14.8 Å². The fourth-order valence-corrected chi connectivity index (χ4v) is 4.39. The number of benzene rings is 2. The minimum atomic E-state index is -0.0991. The van der Waals surface area contributed by atoms with Gasteiger partial charge in [-0.05, 0) is 37.1 Å². The summed E-state index contributed by atoms with van der Waals surface area (Å²) in [5.41, 5.74) is 4.75. The summed E-state index contributed by atoms with van der Waals surface area (Å²) in [5, 5.41) is 16.2. The predicted molar refractivity (Wildman–Crippen MR) is 113 cm³/mol. The number of fused-ring (bicyclic) bond motifs is 1. The summed E-state index contributed by atoms with van der Waals surface area (Å²) >= 11 is 1.64. The summed E-state index contributed by atoms with van der Waals surface area (Å²) in [4.78, 5) is 6.15. The first-order valence-corrected chi connectivity index (χ1v) is 10.1. The van der Waals surface area contributed by atoms with Gasteiger partial charge in [0, 0.05) is 15.8 Å². The van der Waals surface area contributed by atoms with E-state index in [-0.39, 0.29) is 6.61 Å². The van der Waals surface area contributed by atoms with Crippen LogP contribution in [0.15, 0.2) is 42.5 Å². The van der Waals surface area contributed by atoms with E-state index in [0.717, 1.165) is 38.6 Å². The largest absolute Gasteiger partial charge is 0.497 e. The summed E-state index contributed by atoms with van der Waals surface area (Å²) in [6.07, 6.45) is 0. The normalized spacial score (nSPS) is 11.5. The zero-order valence-electron chi connectivity index (χ0n) is 16.4. The number of ether oxygens (including phenoxy) is 1. The molecule has 0 saturated carbocycles. The number of methoxy groups -OCH3 is 1. The van der Waals surface area contributed by atoms with Crippen molar-refractivity contribution in [2.45, 2.75) is 33.3 Å². The highest BCUT2D eigenvalue weighted by molar-refractivity contribution is 7.14. The van der Waals surface area contributed by atoms with Crippen LogP contribution in [-0.2, 0) is 6.61 Å². The summed E-state index contributed by atoms with van der Waals surface area (Å²) < 4.78 is 7.23. The molecule has 2 heterocycles. The molecule has 28 heavy (non-hydrogen) atoms. The van der Waals surface area contributed by atoms with Gasteiger partial charge in [0.25, 0.3) is 0 Å². The summed E-state index contributed by atoms with van der Waals surface area (Å²) in [6.45, 7) is 6.28. The van der Waals surface area contributed by atoms with Gasteiger partial charge in [-0.2, -0.15) is 5.10 Å². The van der Waals surface area contributed by atoms with E-state index in [1.54, 1.807) is 18.4 Å². The van der Waals surface area contributed by atoms with E-state index in [1.807, 2.05) is 35.9 Å². The quantitative estimate of drug-likeness (QED) is 0.513. The fourth-order valence-electron chi connectivity index (χ4n) is 3.34. The number of aryl methyl sites for hydroxylation is 1. The Morgan fingerprint density at radius 3 is 2.71 bits per heavy atom. The van der Waals surface area contributed by atoms with Crippen LogP contribution < -0.4 is 4.74 Å². The van der Waals surface area contributed by atoms with Crippen LogP contribution in [0.5, 0.6) is 5.75 Å². The molecular formula is C22H23N3O2S. The number of aromatic nitrogens is 3. The summed E-state index contributed by atoms with van der Waals surface area (Å²) in [6, 6.07) is 14.1. The molecule has 0 fully saturated rings. The van der Waals surface area contributed by atoms with Crippen molar-refractivity contribution in [3.63, 3.8) is 0 Å². The Balaban J connectivity index is 1.91. The summed E-state index contributed by atoms with van der Waals surface area (Å²) in [5.74, 6) is 1.14. The Bertz CT molecular complexity index is 1140. The second kappa shape index (κ2) is 7.37. The Labute approximate surface area is 168 Å². The smallest absolute Gasteiger partial charge is 0.211 e. The molecule has 4 aromatic rings. The zero-order chi connectivity index (χ0) is 19.8. The Morgan fingerprint density at radius 1 is 1.18 bits per heavy atom. The highest BCUT2D eigenvalue weighted by atomic mass is 32.1. The number of aliphatic hydroxyl groups is 1. The van der Waals surface area contributed by atoms with Gasteiger partial charge in [0.2, 0.25) is 5.13 Å². The number of thiazole rings is 1. The second-order valence-corrected chi connectivity index (χ2v) is 8.14. The second-order valence-electron chi connectivity index (χ2n) is 7.13. The van der Waals surface area contributed by atoms with Crippen molar-refractivity contribution in [1.29, 1.82) is 0 Å². The Hall–Kier alpha value is -2.70. The van der Waals surface area contributed by atoms with E-state index < -0.39 is 0 Å². The van der Waals surface area contributed by atoms with Crippen molar-refractivity contribution < 1.29 is 9.84 Å². The highest BCUT2D eigenvalue weighted by Crippen LogP contribution is 2.37. The minimum Gasteiger partial charge on any atom is -0.497 e. The lowest BCUT2D eigenvalue weighted by Gasteiger charge is -2.06. The zero-order valence-corrected chi connectivity index (χ0v) is 17.2. The van der Waals surface area contributed by atoms with E-state index in [1.165, 1.54) is 4.88 Å². The standard InChI is InChI=1S/C22H23N3O2S/c1-13(2)21-20(15-6-5-7-16(11-15)27-4)23-22(28-21)25-19-9-8-14(3)10-17(19)18(12-26)24-25/h5-11,13,26H,12H2,1-4H3. The van der Waals surface area contributed by atoms with Gasteiger partial charge in [0.15, 0.2) is 0 Å². The monoisotopic (exact) mass is 393 g/mol. The lowest BCUT2D eigenvalue weighted by atomic mass is 10.1. The molecule has 1 N–H and O–H groups in total. The van der Waals surface area contributed by atoms with Gasteiger partial charge in [0.05, 0.1) is 30.6 Å². The van der Waals surface area contributed by atoms with E-state index >= 15 is 0 Å². The van der Waals surface area contributed by atoms with Crippen LogP contribution in [-0.4, -0.2) is 27.0 Å². The van der Waals surface area contributed by atoms with Gasteiger partial charge < -0.3 is 9.84 Å². The highest BCUT2D eigenvalue weighted by Gasteiger charge is 2.20. The number of nitrogens with zero attached hydrogens (tertiary/aromatic N) is 3. The third-order valence-electron chi connectivity index (χ3n) is 4.75. The number of aliphatic hydroxyl groups excluding tert-OH is 1. The fraction of sp³-hybridized carbons (Fsp3) is 0.273. The minimum absolute atomic E-state index is 0.0991. The van der Waals surface area contributed by atoms with Crippen LogP contribution in [0.1, 0.15) is 35.9 Å². The molecule has 0 unspecified atom stereocenters. The molecule has 144 valence electrons. The maximum absolute atomic E-state index is 9.76. The van der Waals surface area contributed by atoms with Crippen molar-refractivity contribution in [2.24, 2.45) is 0 Å². The van der Waals surface area contributed by atoms with Gasteiger partial charge in [-0.25, -0.2) is 9.67 Å². The SMILES string of the molecule is COc1cccc(-c2nc(-n3nc(CO)c4cc(C)ccc43)sc2C(C)C)c1. The first-order chi connectivity index (χ1) is 13.5. The average Bonchev–Trinajstić information content (AvgIpc) is 3.29. The van der Waals surface area contributed by atoms with Crippen LogP contribution in [0.4, 0.5) is 0 Å². The molecule has 0 spiro atoms. The molecule has 2 aromatic heterocycles. The van der Waals surface area contributed by atoms with Crippen molar-refractivity contribution in [3.8, 4) is 22.1 Å².